The van der Waals surface area contributed by atoms with E-state index in [2.05, 4.69) is 15.5 Å². The second-order valence-electron chi connectivity index (χ2n) is 4.86. The van der Waals surface area contributed by atoms with Gasteiger partial charge in [0.25, 0.3) is 0 Å². The molecular weight excluding hydrogens is 256 g/mol. The van der Waals surface area contributed by atoms with Crippen LogP contribution in [0.25, 0.3) is 11.4 Å². The number of ether oxygens (including phenoxy) is 1. The van der Waals surface area contributed by atoms with Gasteiger partial charge in [-0.05, 0) is 12.5 Å². The van der Waals surface area contributed by atoms with Crippen LogP contribution in [0.5, 0.6) is 0 Å². The number of morpholine rings is 1. The fraction of sp³-hybridized carbons (Fsp3) is 0.429. The molecule has 0 radical (unpaired) electrons. The zero-order valence-electron chi connectivity index (χ0n) is 11.4. The van der Waals surface area contributed by atoms with Crippen LogP contribution in [0.1, 0.15) is 24.4 Å². The van der Waals surface area contributed by atoms with Crippen molar-refractivity contribution >= 4 is 0 Å². The van der Waals surface area contributed by atoms with Gasteiger partial charge in [-0.2, -0.15) is 4.98 Å². The normalized spacial score (nSPS) is 22.9. The molecule has 1 fully saturated rings. The lowest BCUT2D eigenvalue weighted by Gasteiger charge is -2.27. The Morgan fingerprint density at radius 2 is 2.15 bits per heavy atom. The summed E-state index contributed by atoms with van der Waals surface area (Å²) in [5, 5.41) is 7.37. The molecule has 2 atom stereocenters. The van der Waals surface area contributed by atoms with Crippen LogP contribution in [-0.4, -0.2) is 29.4 Å². The molecule has 0 amide bonds. The van der Waals surface area contributed by atoms with Gasteiger partial charge in [0.15, 0.2) is 0 Å². The number of nitrogens with two attached hydrogens (primary N) is 1. The van der Waals surface area contributed by atoms with E-state index in [4.69, 9.17) is 15.0 Å². The molecule has 6 nitrogen and oxygen atoms in total. The van der Waals surface area contributed by atoms with Crippen molar-refractivity contribution in [2.24, 2.45) is 5.73 Å². The lowest BCUT2D eigenvalue weighted by Crippen LogP contribution is -2.40. The van der Waals surface area contributed by atoms with Gasteiger partial charge in [0, 0.05) is 18.7 Å². The Morgan fingerprint density at radius 1 is 1.35 bits per heavy atom. The highest BCUT2D eigenvalue weighted by Crippen LogP contribution is 2.23. The molecule has 3 rings (SSSR count). The summed E-state index contributed by atoms with van der Waals surface area (Å²) in [7, 11) is 0. The van der Waals surface area contributed by atoms with Gasteiger partial charge in [0.1, 0.15) is 6.04 Å². The molecule has 20 heavy (non-hydrogen) atoms. The Kier molecular flexibility index (Phi) is 3.77. The molecular formula is C14H18N4O2. The first kappa shape index (κ1) is 13.2. The molecule has 1 aromatic heterocycles. The fourth-order valence-corrected chi connectivity index (χ4v) is 2.28. The average Bonchev–Trinajstić information content (AvgIpc) is 2.97. The quantitative estimate of drug-likeness (QED) is 0.876. The minimum Gasteiger partial charge on any atom is -0.375 e. The maximum atomic E-state index is 5.59. The topological polar surface area (TPSA) is 86.2 Å². The molecule has 2 aromatic rings. The Balaban J connectivity index is 1.81. The van der Waals surface area contributed by atoms with Gasteiger partial charge < -0.3 is 20.3 Å². The Bertz CT molecular complexity index is 567. The van der Waals surface area contributed by atoms with Crippen LogP contribution in [0.15, 0.2) is 28.8 Å². The molecule has 6 heteroatoms. The summed E-state index contributed by atoms with van der Waals surface area (Å²) in [6.45, 7) is 4.02. The molecule has 0 bridgehead atoms. The maximum absolute atomic E-state index is 5.59. The van der Waals surface area contributed by atoms with E-state index in [9.17, 15) is 0 Å². The molecule has 1 aliphatic rings. The zero-order chi connectivity index (χ0) is 13.9. The van der Waals surface area contributed by atoms with Crippen LogP contribution < -0.4 is 11.1 Å². The van der Waals surface area contributed by atoms with E-state index in [1.807, 2.05) is 31.2 Å². The molecule has 2 heterocycles. The van der Waals surface area contributed by atoms with Gasteiger partial charge in [0.2, 0.25) is 11.7 Å². The van der Waals surface area contributed by atoms with Gasteiger partial charge in [-0.25, -0.2) is 0 Å². The lowest BCUT2D eigenvalue weighted by atomic mass is 10.1. The van der Waals surface area contributed by atoms with E-state index in [1.165, 1.54) is 0 Å². The number of hydrogen-bond donors (Lipinski definition) is 2. The number of aromatic nitrogens is 2. The van der Waals surface area contributed by atoms with Crippen molar-refractivity contribution in [1.29, 1.82) is 0 Å². The number of rotatable bonds is 3. The Hall–Kier alpha value is -1.76. The van der Waals surface area contributed by atoms with Crippen molar-refractivity contribution in [3.05, 3.63) is 35.7 Å². The highest BCUT2D eigenvalue weighted by Gasteiger charge is 2.28. The van der Waals surface area contributed by atoms with Crippen molar-refractivity contribution in [2.75, 3.05) is 13.2 Å². The van der Waals surface area contributed by atoms with E-state index in [0.29, 0.717) is 24.9 Å². The molecule has 3 N–H and O–H groups in total. The van der Waals surface area contributed by atoms with E-state index < -0.39 is 0 Å². The minimum atomic E-state index is -0.0479. The third-order valence-corrected chi connectivity index (χ3v) is 3.47. The highest BCUT2D eigenvalue weighted by atomic mass is 16.5. The molecule has 1 aliphatic heterocycles. The summed E-state index contributed by atoms with van der Waals surface area (Å²) in [4.78, 5) is 4.46. The molecule has 0 saturated carbocycles. The lowest BCUT2D eigenvalue weighted by molar-refractivity contribution is -0.00136. The zero-order valence-corrected chi connectivity index (χ0v) is 11.4. The number of nitrogens with zero attached hydrogens (tertiary/aromatic N) is 2. The first-order valence-corrected chi connectivity index (χ1v) is 6.76. The molecule has 0 unspecified atom stereocenters. The monoisotopic (exact) mass is 274 g/mol. The van der Waals surface area contributed by atoms with E-state index in [-0.39, 0.29) is 12.1 Å². The standard InChI is InChI=1S/C14H18N4O2/c1-9-12(16-6-7-19-9)14-17-13(18-20-14)11-4-2-10(8-15)3-5-11/h2-5,9,12,16H,6-8,15H2,1H3/t9-,12+/m1/s1. The van der Waals surface area contributed by atoms with Crippen molar-refractivity contribution < 1.29 is 9.26 Å². The van der Waals surface area contributed by atoms with Crippen LogP contribution in [-0.2, 0) is 11.3 Å². The number of nitrogens with one attached hydrogen (secondary N) is 1. The largest absolute Gasteiger partial charge is 0.375 e. The predicted octanol–water partition coefficient (Wildman–Crippen LogP) is 1.24. The van der Waals surface area contributed by atoms with Crippen LogP contribution in [0.3, 0.4) is 0 Å². The fourth-order valence-electron chi connectivity index (χ4n) is 2.28. The molecule has 0 spiro atoms. The summed E-state index contributed by atoms with van der Waals surface area (Å²) in [5.41, 5.74) is 7.58. The van der Waals surface area contributed by atoms with E-state index in [0.717, 1.165) is 17.7 Å². The molecule has 1 aromatic carbocycles. The predicted molar refractivity (Wildman–Crippen MR) is 73.8 cm³/mol. The molecule has 106 valence electrons. The van der Waals surface area contributed by atoms with Gasteiger partial charge in [-0.1, -0.05) is 29.4 Å². The van der Waals surface area contributed by atoms with Gasteiger partial charge in [-0.15, -0.1) is 0 Å². The Morgan fingerprint density at radius 3 is 2.85 bits per heavy atom. The van der Waals surface area contributed by atoms with Crippen molar-refractivity contribution in [3.8, 4) is 11.4 Å². The van der Waals surface area contributed by atoms with Crippen molar-refractivity contribution in [3.63, 3.8) is 0 Å². The van der Waals surface area contributed by atoms with Crippen molar-refractivity contribution in [2.45, 2.75) is 25.6 Å². The summed E-state index contributed by atoms with van der Waals surface area (Å²) in [6, 6.07) is 7.79. The van der Waals surface area contributed by atoms with Crippen LogP contribution in [0.4, 0.5) is 0 Å². The third-order valence-electron chi connectivity index (χ3n) is 3.47. The maximum Gasteiger partial charge on any atom is 0.246 e. The van der Waals surface area contributed by atoms with Crippen LogP contribution in [0.2, 0.25) is 0 Å². The van der Waals surface area contributed by atoms with Crippen LogP contribution >= 0.6 is 0 Å². The second kappa shape index (κ2) is 5.70. The first-order valence-electron chi connectivity index (χ1n) is 6.76. The summed E-state index contributed by atoms with van der Waals surface area (Å²) in [6.07, 6.45) is 0.0247. The average molecular weight is 274 g/mol. The van der Waals surface area contributed by atoms with Crippen LogP contribution in [0, 0.1) is 0 Å². The van der Waals surface area contributed by atoms with E-state index >= 15 is 0 Å². The smallest absolute Gasteiger partial charge is 0.246 e. The third kappa shape index (κ3) is 2.58. The molecule has 1 saturated heterocycles. The summed E-state index contributed by atoms with van der Waals surface area (Å²) >= 11 is 0. The highest BCUT2D eigenvalue weighted by molar-refractivity contribution is 5.54. The number of benzene rings is 1. The van der Waals surface area contributed by atoms with Crippen molar-refractivity contribution in [1.82, 2.24) is 15.5 Å². The Labute approximate surface area is 117 Å². The van der Waals surface area contributed by atoms with E-state index in [1.54, 1.807) is 0 Å². The number of hydrogen-bond acceptors (Lipinski definition) is 6. The van der Waals surface area contributed by atoms with Gasteiger partial charge in [0.05, 0.1) is 12.7 Å². The van der Waals surface area contributed by atoms with Gasteiger partial charge in [-0.3, -0.25) is 0 Å². The minimum absolute atomic E-state index is 0.0247. The SMILES string of the molecule is C[C@H]1OCCN[C@@H]1c1nc(-c2ccc(CN)cc2)no1. The summed E-state index contributed by atoms with van der Waals surface area (Å²) in [5.74, 6) is 1.15. The second-order valence-corrected chi connectivity index (χ2v) is 4.86. The van der Waals surface area contributed by atoms with Gasteiger partial charge >= 0.3 is 0 Å². The summed E-state index contributed by atoms with van der Waals surface area (Å²) < 4.78 is 10.9. The molecule has 0 aliphatic carbocycles. The first-order chi connectivity index (χ1) is 9.78.